The summed E-state index contributed by atoms with van der Waals surface area (Å²) in [5, 5.41) is 16.9. The van der Waals surface area contributed by atoms with Crippen LogP contribution in [0.1, 0.15) is 11.4 Å². The van der Waals surface area contributed by atoms with Crippen LogP contribution in [0.2, 0.25) is 0 Å². The Kier molecular flexibility index (Phi) is 5.95. The molecule has 0 bridgehead atoms. The average Bonchev–Trinajstić information content (AvgIpc) is 3.39. The van der Waals surface area contributed by atoms with E-state index in [9.17, 15) is 13.2 Å². The molecule has 2 heterocycles. The minimum Gasteiger partial charge on any atom is -0.479 e. The molecule has 168 valence electrons. The van der Waals surface area contributed by atoms with E-state index in [0.717, 1.165) is 17.7 Å². The van der Waals surface area contributed by atoms with Crippen LogP contribution in [0.25, 0.3) is 23.1 Å². The van der Waals surface area contributed by atoms with Gasteiger partial charge in [-0.05, 0) is 48.9 Å². The molecule has 12 heteroatoms. The highest BCUT2D eigenvalue weighted by Crippen LogP contribution is 2.26. The number of hydrogen-bond acceptors (Lipinski definition) is 8. The quantitative estimate of drug-likeness (QED) is 0.408. The molecular formula is C21H15F3N6O3. The molecule has 0 spiro atoms. The third kappa shape index (κ3) is 5.45. The van der Waals surface area contributed by atoms with Gasteiger partial charge < -0.3 is 14.0 Å². The van der Waals surface area contributed by atoms with Crippen LogP contribution in [0.4, 0.5) is 13.2 Å². The lowest BCUT2D eigenvalue weighted by atomic mass is 10.2. The molecule has 0 atom stereocenters. The highest BCUT2D eigenvalue weighted by atomic mass is 19.4. The van der Waals surface area contributed by atoms with Gasteiger partial charge in [-0.1, -0.05) is 17.3 Å². The highest BCUT2D eigenvalue weighted by molar-refractivity contribution is 5.57. The number of hydrogen-bond donors (Lipinski definition) is 0. The number of benzene rings is 2. The molecule has 4 rings (SSSR count). The second kappa shape index (κ2) is 8.99. The zero-order chi connectivity index (χ0) is 23.4. The van der Waals surface area contributed by atoms with Crippen molar-refractivity contribution in [1.82, 2.24) is 24.9 Å². The van der Waals surface area contributed by atoms with Crippen molar-refractivity contribution >= 4 is 0 Å². The van der Waals surface area contributed by atoms with E-state index < -0.39 is 6.36 Å². The molecule has 0 saturated heterocycles. The van der Waals surface area contributed by atoms with Gasteiger partial charge in [0.1, 0.15) is 23.4 Å². The summed E-state index contributed by atoms with van der Waals surface area (Å²) in [4.78, 5) is 8.58. The Bertz CT molecular complexity index is 1290. The highest BCUT2D eigenvalue weighted by Gasteiger charge is 2.31. The molecule has 0 radical (unpaired) electrons. The summed E-state index contributed by atoms with van der Waals surface area (Å²) < 4.78 is 52.9. The van der Waals surface area contributed by atoms with Gasteiger partial charge in [0.2, 0.25) is 11.6 Å². The number of aromatic nitrogens is 5. The molecule has 33 heavy (non-hydrogen) atoms. The smallest absolute Gasteiger partial charge is 0.479 e. The fourth-order valence-electron chi connectivity index (χ4n) is 2.92. The third-order valence-corrected chi connectivity index (χ3v) is 4.35. The second-order valence-corrected chi connectivity index (χ2v) is 6.73. The van der Waals surface area contributed by atoms with Crippen LogP contribution in [0.5, 0.6) is 11.5 Å². The minimum atomic E-state index is -4.77. The van der Waals surface area contributed by atoms with Crippen molar-refractivity contribution in [1.29, 1.82) is 5.26 Å². The maximum atomic E-state index is 12.3. The van der Waals surface area contributed by atoms with E-state index in [2.05, 4.69) is 25.0 Å². The number of nitrogens with zero attached hydrogens (tertiary/aromatic N) is 6. The molecule has 0 amide bonds. The summed E-state index contributed by atoms with van der Waals surface area (Å²) in [6.07, 6.45) is -4.77. The molecule has 0 unspecified atom stereocenters. The van der Waals surface area contributed by atoms with Gasteiger partial charge in [0, 0.05) is 5.56 Å². The zero-order valence-electron chi connectivity index (χ0n) is 17.1. The Morgan fingerprint density at radius 2 is 1.85 bits per heavy atom. The van der Waals surface area contributed by atoms with Crippen molar-refractivity contribution in [2.75, 3.05) is 6.61 Å². The van der Waals surface area contributed by atoms with E-state index in [4.69, 9.17) is 14.5 Å². The SMILES string of the molecule is Cc1nc(-c2nc(-c3ccc(OC(F)(F)F)cc3)no2)nn1Cc1cccc(OCC#N)c1. The first kappa shape index (κ1) is 21.8. The van der Waals surface area contributed by atoms with E-state index in [-0.39, 0.29) is 29.9 Å². The lowest BCUT2D eigenvalue weighted by molar-refractivity contribution is -0.274. The molecule has 0 fully saturated rings. The van der Waals surface area contributed by atoms with Crippen molar-refractivity contribution in [2.45, 2.75) is 19.8 Å². The van der Waals surface area contributed by atoms with Gasteiger partial charge in [0.05, 0.1) is 6.54 Å². The first-order valence-corrected chi connectivity index (χ1v) is 9.51. The van der Waals surface area contributed by atoms with Gasteiger partial charge in [-0.25, -0.2) is 9.67 Å². The molecule has 2 aromatic carbocycles. The fourth-order valence-corrected chi connectivity index (χ4v) is 2.92. The second-order valence-electron chi connectivity index (χ2n) is 6.73. The number of halogens is 3. The van der Waals surface area contributed by atoms with Crippen LogP contribution in [0.3, 0.4) is 0 Å². The summed E-state index contributed by atoms with van der Waals surface area (Å²) in [6.45, 7) is 2.11. The number of aryl methyl sites for hydroxylation is 1. The predicted molar refractivity (Wildman–Crippen MR) is 107 cm³/mol. The Labute approximate surface area is 185 Å². The number of rotatable bonds is 7. The Morgan fingerprint density at radius 1 is 1.06 bits per heavy atom. The first-order chi connectivity index (χ1) is 15.8. The molecule has 0 aliphatic heterocycles. The molecule has 0 aliphatic carbocycles. The van der Waals surface area contributed by atoms with Gasteiger partial charge in [-0.3, -0.25) is 0 Å². The Morgan fingerprint density at radius 3 is 2.58 bits per heavy atom. The first-order valence-electron chi connectivity index (χ1n) is 9.51. The van der Waals surface area contributed by atoms with Gasteiger partial charge in [0.25, 0.3) is 5.89 Å². The third-order valence-electron chi connectivity index (χ3n) is 4.35. The van der Waals surface area contributed by atoms with Gasteiger partial charge in [-0.15, -0.1) is 18.3 Å². The Hall–Kier alpha value is -4.40. The van der Waals surface area contributed by atoms with E-state index >= 15 is 0 Å². The molecule has 0 aliphatic rings. The van der Waals surface area contributed by atoms with Crippen LogP contribution in [-0.2, 0) is 6.54 Å². The van der Waals surface area contributed by atoms with Crippen molar-refractivity contribution in [2.24, 2.45) is 0 Å². The monoisotopic (exact) mass is 456 g/mol. The molecular weight excluding hydrogens is 441 g/mol. The van der Waals surface area contributed by atoms with Gasteiger partial charge in [0.15, 0.2) is 6.61 Å². The van der Waals surface area contributed by atoms with Crippen molar-refractivity contribution in [3.63, 3.8) is 0 Å². The maximum absolute atomic E-state index is 12.3. The van der Waals surface area contributed by atoms with E-state index in [1.807, 2.05) is 18.2 Å². The van der Waals surface area contributed by atoms with Crippen molar-refractivity contribution in [3.8, 4) is 40.7 Å². The van der Waals surface area contributed by atoms with Crippen LogP contribution < -0.4 is 9.47 Å². The minimum absolute atomic E-state index is 0.0481. The van der Waals surface area contributed by atoms with Gasteiger partial charge >= 0.3 is 6.36 Å². The summed E-state index contributed by atoms with van der Waals surface area (Å²) in [5.41, 5.74) is 1.32. The summed E-state index contributed by atoms with van der Waals surface area (Å²) in [7, 11) is 0. The fraction of sp³-hybridized carbons (Fsp3) is 0.190. The molecule has 0 N–H and O–H groups in total. The van der Waals surface area contributed by atoms with E-state index in [0.29, 0.717) is 23.7 Å². The Balaban J connectivity index is 1.49. The summed E-state index contributed by atoms with van der Waals surface area (Å²) in [6, 6.07) is 14.2. The van der Waals surface area contributed by atoms with Crippen molar-refractivity contribution in [3.05, 3.63) is 59.9 Å². The largest absolute Gasteiger partial charge is 0.573 e. The normalized spacial score (nSPS) is 11.2. The molecule has 2 aromatic heterocycles. The van der Waals surface area contributed by atoms with Crippen LogP contribution in [0.15, 0.2) is 53.1 Å². The van der Waals surface area contributed by atoms with Crippen molar-refractivity contribution < 1.29 is 27.2 Å². The van der Waals surface area contributed by atoms with Gasteiger partial charge in [-0.2, -0.15) is 10.2 Å². The van der Waals surface area contributed by atoms with E-state index in [1.54, 1.807) is 23.7 Å². The molecule has 4 aromatic rings. The predicted octanol–water partition coefficient (Wildman–Crippen LogP) is 4.15. The summed E-state index contributed by atoms with van der Waals surface area (Å²) in [5.74, 6) is 1.25. The standard InChI is InChI=1S/C21H15F3N6O3/c1-13-26-19(28-30(13)12-14-3-2-4-17(11-14)31-10-9-25)20-27-18(29-33-20)15-5-7-16(8-6-15)32-21(22,23)24/h2-8,11H,10,12H2,1H3. The number of alkyl halides is 3. The van der Waals surface area contributed by atoms with Crippen LogP contribution in [-0.4, -0.2) is 37.9 Å². The average molecular weight is 456 g/mol. The maximum Gasteiger partial charge on any atom is 0.573 e. The number of nitriles is 1. The number of ether oxygens (including phenoxy) is 2. The van der Waals surface area contributed by atoms with Crippen LogP contribution >= 0.6 is 0 Å². The molecule has 0 saturated carbocycles. The lowest BCUT2D eigenvalue weighted by Gasteiger charge is -2.08. The summed E-state index contributed by atoms with van der Waals surface area (Å²) >= 11 is 0. The van der Waals surface area contributed by atoms with E-state index in [1.165, 1.54) is 12.1 Å². The lowest BCUT2D eigenvalue weighted by Crippen LogP contribution is -2.16. The van der Waals surface area contributed by atoms with Crippen LogP contribution in [0, 0.1) is 18.3 Å². The zero-order valence-corrected chi connectivity index (χ0v) is 17.1. The molecule has 9 nitrogen and oxygen atoms in total. The topological polar surface area (TPSA) is 112 Å².